The molecule has 0 N–H and O–H groups in total. The molecule has 3 aromatic carbocycles. The van der Waals surface area contributed by atoms with Gasteiger partial charge in [-0.3, -0.25) is 9.69 Å². The summed E-state index contributed by atoms with van der Waals surface area (Å²) in [5.41, 5.74) is 2.59. The summed E-state index contributed by atoms with van der Waals surface area (Å²) in [7, 11) is 1.66. The van der Waals surface area contributed by atoms with Crippen LogP contribution in [0.3, 0.4) is 0 Å². The molecule has 1 aliphatic heterocycles. The highest BCUT2D eigenvalue weighted by molar-refractivity contribution is 8.00. The third-order valence-corrected chi connectivity index (χ3v) is 7.04. The molecule has 0 saturated carbocycles. The van der Waals surface area contributed by atoms with Gasteiger partial charge in [0.1, 0.15) is 5.75 Å². The van der Waals surface area contributed by atoms with E-state index in [0.29, 0.717) is 0 Å². The van der Waals surface area contributed by atoms with Crippen molar-refractivity contribution >= 4 is 17.7 Å². The van der Waals surface area contributed by atoms with Gasteiger partial charge >= 0.3 is 0 Å². The fourth-order valence-electron chi connectivity index (χ4n) is 4.25. The van der Waals surface area contributed by atoms with Crippen molar-refractivity contribution in [2.75, 3.05) is 33.3 Å². The Balaban J connectivity index is 1.40. The zero-order valence-corrected chi connectivity index (χ0v) is 19.5. The van der Waals surface area contributed by atoms with Crippen LogP contribution in [-0.4, -0.2) is 54.2 Å². The Morgan fingerprint density at radius 1 is 0.812 bits per heavy atom. The average Bonchev–Trinajstić information content (AvgIpc) is 2.86. The molecule has 0 aliphatic carbocycles. The van der Waals surface area contributed by atoms with E-state index in [-0.39, 0.29) is 17.2 Å². The number of thioether (sulfide) groups is 1. The SMILES string of the molecule is COc1ccc(S[C@@H](C)C(=O)N2CCN(C(c3ccccc3)c3ccccc3)CC2)cc1. The molecule has 4 rings (SSSR count). The number of nitrogens with zero attached hydrogens (tertiary/aromatic N) is 2. The molecule has 1 heterocycles. The smallest absolute Gasteiger partial charge is 0.235 e. The molecule has 0 radical (unpaired) electrons. The Morgan fingerprint density at radius 3 is 1.84 bits per heavy atom. The Labute approximate surface area is 195 Å². The van der Waals surface area contributed by atoms with E-state index in [0.717, 1.165) is 36.8 Å². The first-order valence-electron chi connectivity index (χ1n) is 11.1. The van der Waals surface area contributed by atoms with E-state index in [1.165, 1.54) is 11.1 Å². The van der Waals surface area contributed by atoms with Crippen LogP contribution in [0.5, 0.6) is 5.75 Å². The molecule has 1 atom stereocenters. The maximum absolute atomic E-state index is 13.1. The fraction of sp³-hybridized carbons (Fsp3) is 0.296. The van der Waals surface area contributed by atoms with Gasteiger partial charge in [0.05, 0.1) is 18.4 Å². The van der Waals surface area contributed by atoms with E-state index >= 15 is 0 Å². The second-order valence-corrected chi connectivity index (χ2v) is 9.43. The number of methoxy groups -OCH3 is 1. The van der Waals surface area contributed by atoms with Gasteiger partial charge in [0.2, 0.25) is 5.91 Å². The summed E-state index contributed by atoms with van der Waals surface area (Å²) in [5, 5.41) is -0.117. The molecule has 0 unspecified atom stereocenters. The van der Waals surface area contributed by atoms with Crippen LogP contribution in [-0.2, 0) is 4.79 Å². The number of ether oxygens (including phenoxy) is 1. The lowest BCUT2D eigenvalue weighted by atomic mass is 9.96. The molecule has 0 aromatic heterocycles. The molecule has 1 amide bonds. The first kappa shape index (κ1) is 22.4. The normalized spacial score (nSPS) is 15.5. The van der Waals surface area contributed by atoms with Gasteiger partial charge < -0.3 is 9.64 Å². The van der Waals surface area contributed by atoms with E-state index in [1.54, 1.807) is 18.9 Å². The molecule has 1 fully saturated rings. The lowest BCUT2D eigenvalue weighted by molar-refractivity contribution is -0.132. The largest absolute Gasteiger partial charge is 0.497 e. The Kier molecular flexibility index (Phi) is 7.51. The van der Waals surface area contributed by atoms with Gasteiger partial charge in [-0.15, -0.1) is 11.8 Å². The molecule has 0 bridgehead atoms. The van der Waals surface area contributed by atoms with E-state index in [1.807, 2.05) is 36.1 Å². The van der Waals surface area contributed by atoms with Crippen molar-refractivity contribution in [3.8, 4) is 5.75 Å². The maximum atomic E-state index is 13.1. The minimum atomic E-state index is -0.117. The molecule has 32 heavy (non-hydrogen) atoms. The van der Waals surface area contributed by atoms with Crippen LogP contribution in [0, 0.1) is 0 Å². The topological polar surface area (TPSA) is 32.8 Å². The first-order chi connectivity index (χ1) is 15.7. The van der Waals surface area contributed by atoms with Crippen LogP contribution in [0.15, 0.2) is 89.8 Å². The van der Waals surface area contributed by atoms with Gasteiger partial charge in [-0.25, -0.2) is 0 Å². The van der Waals surface area contributed by atoms with Crippen molar-refractivity contribution in [1.29, 1.82) is 0 Å². The molecule has 3 aromatic rings. The van der Waals surface area contributed by atoms with Crippen molar-refractivity contribution < 1.29 is 9.53 Å². The minimum absolute atomic E-state index is 0.117. The van der Waals surface area contributed by atoms with Crippen molar-refractivity contribution in [2.45, 2.75) is 23.1 Å². The number of carbonyl (C=O) groups is 1. The van der Waals surface area contributed by atoms with Crippen LogP contribution in [0.2, 0.25) is 0 Å². The second kappa shape index (κ2) is 10.7. The summed E-state index contributed by atoms with van der Waals surface area (Å²) < 4.78 is 5.22. The average molecular weight is 447 g/mol. The number of rotatable bonds is 7. The van der Waals surface area contributed by atoms with Gasteiger partial charge in [-0.2, -0.15) is 0 Å². The molecule has 166 valence electrons. The zero-order chi connectivity index (χ0) is 22.3. The number of piperazine rings is 1. The number of hydrogen-bond acceptors (Lipinski definition) is 4. The lowest BCUT2D eigenvalue weighted by Gasteiger charge is -2.40. The maximum Gasteiger partial charge on any atom is 0.235 e. The molecular weight excluding hydrogens is 416 g/mol. The lowest BCUT2D eigenvalue weighted by Crippen LogP contribution is -2.51. The Morgan fingerprint density at radius 2 is 1.34 bits per heavy atom. The van der Waals surface area contributed by atoms with Gasteiger partial charge in [0.25, 0.3) is 0 Å². The fourth-order valence-corrected chi connectivity index (χ4v) is 5.20. The number of hydrogen-bond donors (Lipinski definition) is 0. The minimum Gasteiger partial charge on any atom is -0.497 e. The molecule has 5 heteroatoms. The molecule has 0 spiro atoms. The van der Waals surface area contributed by atoms with Gasteiger partial charge in [-0.05, 0) is 42.3 Å². The number of benzene rings is 3. The summed E-state index contributed by atoms with van der Waals surface area (Å²) in [5.74, 6) is 1.04. The number of carbonyl (C=O) groups excluding carboxylic acids is 1. The van der Waals surface area contributed by atoms with Crippen molar-refractivity contribution in [2.24, 2.45) is 0 Å². The highest BCUT2D eigenvalue weighted by Gasteiger charge is 2.30. The predicted molar refractivity (Wildman–Crippen MR) is 131 cm³/mol. The van der Waals surface area contributed by atoms with Crippen LogP contribution >= 0.6 is 11.8 Å². The Hall–Kier alpha value is -2.76. The summed E-state index contributed by atoms with van der Waals surface area (Å²) in [4.78, 5) is 18.7. The van der Waals surface area contributed by atoms with Crippen LogP contribution in [0.1, 0.15) is 24.1 Å². The standard InChI is InChI=1S/C27H30N2O2S/c1-21(32-25-15-13-24(31-2)14-16-25)27(30)29-19-17-28(18-20-29)26(22-9-5-3-6-10-22)23-11-7-4-8-12-23/h3-16,21,26H,17-20H2,1-2H3/t21-/m0/s1. The highest BCUT2D eigenvalue weighted by Crippen LogP contribution is 2.31. The summed E-state index contributed by atoms with van der Waals surface area (Å²) in [6.07, 6.45) is 0. The zero-order valence-electron chi connectivity index (χ0n) is 18.7. The van der Waals surface area contributed by atoms with Gasteiger partial charge in [0.15, 0.2) is 0 Å². The molecular formula is C27H30N2O2S. The molecule has 1 saturated heterocycles. The van der Waals surface area contributed by atoms with Crippen molar-refractivity contribution in [3.05, 3.63) is 96.1 Å². The quantitative estimate of drug-likeness (QED) is 0.472. The number of amides is 1. The third-order valence-electron chi connectivity index (χ3n) is 5.94. The highest BCUT2D eigenvalue weighted by atomic mass is 32.2. The molecule has 1 aliphatic rings. The van der Waals surface area contributed by atoms with E-state index < -0.39 is 0 Å². The molecule has 4 nitrogen and oxygen atoms in total. The van der Waals surface area contributed by atoms with E-state index in [9.17, 15) is 4.79 Å². The summed E-state index contributed by atoms with van der Waals surface area (Å²) in [6, 6.07) is 29.4. The summed E-state index contributed by atoms with van der Waals surface area (Å²) >= 11 is 1.60. The first-order valence-corrected chi connectivity index (χ1v) is 12.0. The van der Waals surface area contributed by atoms with Crippen molar-refractivity contribution in [1.82, 2.24) is 9.80 Å². The Bertz CT molecular complexity index is 948. The van der Waals surface area contributed by atoms with E-state index in [2.05, 4.69) is 65.6 Å². The van der Waals surface area contributed by atoms with Crippen LogP contribution in [0.25, 0.3) is 0 Å². The predicted octanol–water partition coefficient (Wildman–Crippen LogP) is 5.11. The van der Waals surface area contributed by atoms with Crippen LogP contribution < -0.4 is 4.74 Å². The van der Waals surface area contributed by atoms with Crippen LogP contribution in [0.4, 0.5) is 0 Å². The van der Waals surface area contributed by atoms with Gasteiger partial charge in [-0.1, -0.05) is 60.7 Å². The van der Waals surface area contributed by atoms with Crippen molar-refractivity contribution in [3.63, 3.8) is 0 Å². The van der Waals surface area contributed by atoms with Gasteiger partial charge in [0, 0.05) is 31.1 Å². The summed E-state index contributed by atoms with van der Waals surface area (Å²) in [6.45, 7) is 5.23. The van der Waals surface area contributed by atoms with E-state index in [4.69, 9.17) is 4.74 Å². The monoisotopic (exact) mass is 446 g/mol. The second-order valence-electron chi connectivity index (χ2n) is 8.02. The third kappa shape index (κ3) is 5.34.